The van der Waals surface area contributed by atoms with Crippen LogP contribution in [-0.2, 0) is 22.6 Å². The molecule has 6 rings (SSSR count). The van der Waals surface area contributed by atoms with E-state index in [1.54, 1.807) is 4.52 Å². The summed E-state index contributed by atoms with van der Waals surface area (Å²) in [7, 11) is 0. The molecule has 0 unspecified atom stereocenters. The van der Waals surface area contributed by atoms with Crippen LogP contribution in [-0.4, -0.2) is 33.1 Å². The molecule has 36 heavy (non-hydrogen) atoms. The zero-order chi connectivity index (χ0) is 24.5. The van der Waals surface area contributed by atoms with Crippen molar-refractivity contribution in [1.29, 1.82) is 0 Å². The first-order chi connectivity index (χ1) is 17.6. The molecule has 3 aromatic rings. The summed E-state index contributed by atoms with van der Waals surface area (Å²) in [6.45, 7) is 1.000. The third kappa shape index (κ3) is 5.22. The maximum absolute atomic E-state index is 12.9. The number of fused-ring (bicyclic) bond motifs is 1. The monoisotopic (exact) mass is 487 g/mol. The third-order valence-electron chi connectivity index (χ3n) is 7.77. The summed E-state index contributed by atoms with van der Waals surface area (Å²) in [5.41, 5.74) is 3.41. The molecule has 3 aliphatic rings. The van der Waals surface area contributed by atoms with Gasteiger partial charge in [-0.25, -0.2) is 14.3 Å². The minimum absolute atomic E-state index is 0.0328. The molecule has 2 aromatic heterocycles. The molecule has 8 nitrogen and oxygen atoms in total. The van der Waals surface area contributed by atoms with E-state index in [9.17, 15) is 9.59 Å². The first kappa shape index (κ1) is 23.0. The summed E-state index contributed by atoms with van der Waals surface area (Å²) in [5, 5.41) is 10.9. The lowest BCUT2D eigenvalue weighted by molar-refractivity contribution is -0.126. The van der Waals surface area contributed by atoms with Gasteiger partial charge in [-0.05, 0) is 74.0 Å². The summed E-state index contributed by atoms with van der Waals surface area (Å²) < 4.78 is 7.38. The number of aromatic nitrogens is 3. The minimum atomic E-state index is -0.413. The Hall–Kier alpha value is -3.42. The molecule has 0 bridgehead atoms. The number of benzene rings is 1. The number of carbonyl (C=O) groups excluding carboxylic acids is 2. The highest BCUT2D eigenvalue weighted by molar-refractivity contribution is 5.79. The Balaban J connectivity index is 1.22. The van der Waals surface area contributed by atoms with Crippen molar-refractivity contribution in [2.45, 2.75) is 57.6 Å². The Morgan fingerprint density at radius 2 is 1.86 bits per heavy atom. The molecular weight excluding hydrogens is 454 g/mol. The van der Waals surface area contributed by atoms with Gasteiger partial charge in [0.05, 0.1) is 23.6 Å². The van der Waals surface area contributed by atoms with Crippen LogP contribution in [0.25, 0.3) is 5.65 Å². The van der Waals surface area contributed by atoms with Gasteiger partial charge in [-0.3, -0.25) is 4.79 Å². The Bertz CT molecular complexity index is 1220. The molecule has 2 N–H and O–H groups in total. The molecule has 0 radical (unpaired) electrons. The topological polar surface area (TPSA) is 97.6 Å². The predicted molar refractivity (Wildman–Crippen MR) is 134 cm³/mol. The van der Waals surface area contributed by atoms with Crippen molar-refractivity contribution < 1.29 is 14.3 Å². The van der Waals surface area contributed by atoms with Crippen LogP contribution in [0, 0.1) is 23.7 Å². The van der Waals surface area contributed by atoms with E-state index in [-0.39, 0.29) is 24.5 Å². The third-order valence-corrected chi connectivity index (χ3v) is 7.77. The van der Waals surface area contributed by atoms with Crippen molar-refractivity contribution in [3.63, 3.8) is 0 Å². The number of imidazole rings is 1. The SMILES string of the molecule is O=C(N[C@H](c1cn2nc(C[C@H]3CCCNC3=O)ccc2n1)C(C1CC1)C1CC1)OCc1ccccc1. The molecule has 2 aliphatic carbocycles. The Kier molecular flexibility index (Phi) is 6.34. The first-order valence-corrected chi connectivity index (χ1v) is 13.2. The number of hydrogen-bond acceptors (Lipinski definition) is 5. The van der Waals surface area contributed by atoms with E-state index >= 15 is 0 Å². The van der Waals surface area contributed by atoms with Gasteiger partial charge in [0.2, 0.25) is 5.91 Å². The molecule has 2 saturated carbocycles. The fourth-order valence-corrected chi connectivity index (χ4v) is 5.63. The van der Waals surface area contributed by atoms with Crippen LogP contribution in [0.1, 0.15) is 61.5 Å². The number of nitrogens with zero attached hydrogens (tertiary/aromatic N) is 3. The number of piperidine rings is 1. The van der Waals surface area contributed by atoms with Gasteiger partial charge < -0.3 is 15.4 Å². The second kappa shape index (κ2) is 9.91. The molecule has 2 amide bonds. The smallest absolute Gasteiger partial charge is 0.408 e. The lowest BCUT2D eigenvalue weighted by atomic mass is 9.88. The number of rotatable bonds is 9. The van der Waals surface area contributed by atoms with Crippen LogP contribution in [0.4, 0.5) is 4.79 Å². The maximum Gasteiger partial charge on any atom is 0.408 e. The Morgan fingerprint density at radius 1 is 1.08 bits per heavy atom. The quantitative estimate of drug-likeness (QED) is 0.471. The standard InChI is InChI=1S/C28H33N5O3/c34-27-21(7-4-14-29-27)15-22-12-13-24-30-23(16-33(24)32-22)26(25(19-8-9-19)20-10-11-20)31-28(35)36-17-18-5-2-1-3-6-18/h1-3,5-6,12-13,16,19-21,25-26H,4,7-11,14-15,17H2,(H,29,34)(H,31,35)/t21-,26-/m1/s1. The molecular formula is C28H33N5O3. The van der Waals surface area contributed by atoms with Crippen molar-refractivity contribution in [3.8, 4) is 0 Å². The van der Waals surface area contributed by atoms with Gasteiger partial charge in [0.25, 0.3) is 0 Å². The summed E-state index contributed by atoms with van der Waals surface area (Å²) in [5.74, 6) is 1.69. The van der Waals surface area contributed by atoms with E-state index in [0.29, 0.717) is 24.2 Å². The first-order valence-electron chi connectivity index (χ1n) is 13.2. The highest BCUT2D eigenvalue weighted by Gasteiger charge is 2.47. The molecule has 1 aromatic carbocycles. The average Bonchev–Trinajstić information content (AvgIpc) is 3.83. The lowest BCUT2D eigenvalue weighted by Gasteiger charge is -2.26. The van der Waals surface area contributed by atoms with Crippen LogP contribution in [0.15, 0.2) is 48.7 Å². The molecule has 188 valence electrons. The van der Waals surface area contributed by atoms with Crippen LogP contribution >= 0.6 is 0 Å². The fourth-order valence-electron chi connectivity index (χ4n) is 5.63. The van der Waals surface area contributed by atoms with Gasteiger partial charge in [-0.2, -0.15) is 5.10 Å². The van der Waals surface area contributed by atoms with Gasteiger partial charge in [0, 0.05) is 18.9 Å². The van der Waals surface area contributed by atoms with Crippen LogP contribution in [0.5, 0.6) is 0 Å². The average molecular weight is 488 g/mol. The van der Waals surface area contributed by atoms with Crippen molar-refractivity contribution in [2.75, 3.05) is 6.54 Å². The van der Waals surface area contributed by atoms with Crippen molar-refractivity contribution >= 4 is 17.6 Å². The molecule has 1 saturated heterocycles. The highest BCUT2D eigenvalue weighted by Crippen LogP contribution is 2.54. The number of hydrogen-bond donors (Lipinski definition) is 2. The summed E-state index contributed by atoms with van der Waals surface area (Å²) in [4.78, 5) is 30.0. The van der Waals surface area contributed by atoms with Crippen molar-refractivity contribution in [3.05, 3.63) is 65.6 Å². The number of ether oxygens (including phenoxy) is 1. The Morgan fingerprint density at radius 3 is 2.58 bits per heavy atom. The summed E-state index contributed by atoms with van der Waals surface area (Å²) in [6.07, 6.45) is 8.87. The molecule has 1 aliphatic heterocycles. The Labute approximate surface area is 210 Å². The summed E-state index contributed by atoms with van der Waals surface area (Å²) >= 11 is 0. The number of alkyl carbamates (subject to hydrolysis) is 1. The number of nitrogens with one attached hydrogen (secondary N) is 2. The second-order valence-electron chi connectivity index (χ2n) is 10.6. The number of amides is 2. The zero-order valence-corrected chi connectivity index (χ0v) is 20.4. The predicted octanol–water partition coefficient (Wildman–Crippen LogP) is 4.20. The van der Waals surface area contributed by atoms with Gasteiger partial charge in [0.1, 0.15) is 6.61 Å². The number of carbonyl (C=O) groups is 2. The molecule has 3 fully saturated rings. The van der Waals surface area contributed by atoms with Gasteiger partial charge in [-0.15, -0.1) is 0 Å². The van der Waals surface area contributed by atoms with E-state index in [0.717, 1.165) is 42.0 Å². The molecule has 8 heteroatoms. The van der Waals surface area contributed by atoms with Gasteiger partial charge >= 0.3 is 6.09 Å². The van der Waals surface area contributed by atoms with Crippen molar-refractivity contribution in [1.82, 2.24) is 25.2 Å². The fraction of sp³-hybridized carbons (Fsp3) is 0.500. The summed E-state index contributed by atoms with van der Waals surface area (Å²) in [6, 6.07) is 13.4. The second-order valence-corrected chi connectivity index (χ2v) is 10.6. The molecule has 0 spiro atoms. The van der Waals surface area contributed by atoms with Gasteiger partial charge in [0.15, 0.2) is 5.65 Å². The minimum Gasteiger partial charge on any atom is -0.445 e. The van der Waals surface area contributed by atoms with Crippen LogP contribution < -0.4 is 10.6 Å². The highest BCUT2D eigenvalue weighted by atomic mass is 16.5. The largest absolute Gasteiger partial charge is 0.445 e. The normalized spacial score (nSPS) is 20.8. The van der Waals surface area contributed by atoms with Crippen LogP contribution in [0.3, 0.4) is 0 Å². The lowest BCUT2D eigenvalue weighted by Crippen LogP contribution is -2.37. The van der Waals surface area contributed by atoms with E-state index in [4.69, 9.17) is 14.8 Å². The van der Waals surface area contributed by atoms with E-state index in [1.807, 2.05) is 48.7 Å². The maximum atomic E-state index is 12.9. The van der Waals surface area contributed by atoms with Crippen molar-refractivity contribution in [2.24, 2.45) is 23.7 Å². The zero-order valence-electron chi connectivity index (χ0n) is 20.4. The van der Waals surface area contributed by atoms with Gasteiger partial charge in [-0.1, -0.05) is 30.3 Å². The molecule has 2 atom stereocenters. The van der Waals surface area contributed by atoms with Crippen LogP contribution in [0.2, 0.25) is 0 Å². The molecule has 3 heterocycles. The van der Waals surface area contributed by atoms with E-state index < -0.39 is 6.09 Å². The van der Waals surface area contributed by atoms with E-state index in [2.05, 4.69) is 10.6 Å². The van der Waals surface area contributed by atoms with E-state index in [1.165, 1.54) is 25.7 Å².